The van der Waals surface area contributed by atoms with E-state index in [1.54, 1.807) is 16.8 Å². The van der Waals surface area contributed by atoms with E-state index in [0.717, 1.165) is 5.56 Å². The van der Waals surface area contributed by atoms with Gasteiger partial charge in [-0.05, 0) is 47.9 Å². The molecule has 2 aliphatic heterocycles. The fraction of sp³-hybridized carbons (Fsp3) is 0.516. The number of carbonyl (C=O) groups excluding carboxylic acids is 3. The van der Waals surface area contributed by atoms with Gasteiger partial charge in [0.2, 0.25) is 11.8 Å². The number of hydrogen-bond donors (Lipinski definition) is 1. The lowest BCUT2D eigenvalue weighted by atomic mass is 9.62. The van der Waals surface area contributed by atoms with Crippen LogP contribution in [0.5, 0.6) is 0 Å². The van der Waals surface area contributed by atoms with Gasteiger partial charge in [-0.25, -0.2) is 4.39 Å². The number of amides is 3. The van der Waals surface area contributed by atoms with Crippen molar-refractivity contribution < 1.29 is 31.9 Å². The summed E-state index contributed by atoms with van der Waals surface area (Å²) in [7, 11) is 1.81. The van der Waals surface area contributed by atoms with Gasteiger partial charge in [-0.2, -0.15) is 13.2 Å². The number of hydrogen-bond acceptors (Lipinski definition) is 3. The van der Waals surface area contributed by atoms with Gasteiger partial charge in [-0.3, -0.25) is 14.4 Å². The second-order valence-corrected chi connectivity index (χ2v) is 11.3. The van der Waals surface area contributed by atoms with Crippen LogP contribution in [0.4, 0.5) is 17.6 Å². The Morgan fingerprint density at radius 1 is 1.05 bits per heavy atom. The van der Waals surface area contributed by atoms with E-state index in [0.29, 0.717) is 69.9 Å². The van der Waals surface area contributed by atoms with Crippen LogP contribution in [0, 0.1) is 17.2 Å². The van der Waals surface area contributed by atoms with Crippen molar-refractivity contribution in [3.05, 3.63) is 71.0 Å². The van der Waals surface area contributed by atoms with Gasteiger partial charge in [0.1, 0.15) is 11.9 Å². The van der Waals surface area contributed by atoms with Gasteiger partial charge in [0.25, 0.3) is 5.91 Å². The molecule has 2 heterocycles. The standard InChI is InChI=1S/C31H37F4N3O3/c1-4-20(5-2)27(36-28(40)23-17-22(31(33,34)35)11-12-25(23)32)29(41)38-15-13-30(14-16-38)18-26(39)37(3)19-24(30)21-9-7-6-8-10-21/h6-12,17,20,24,27H,4-5,13-16,18-19H2,1-3H3,(H,36,40)/t24?,27-/m1/s1. The molecule has 0 saturated carbocycles. The second-order valence-electron chi connectivity index (χ2n) is 11.3. The van der Waals surface area contributed by atoms with Gasteiger partial charge in [-0.15, -0.1) is 0 Å². The number of halogens is 4. The average Bonchev–Trinajstić information content (AvgIpc) is 2.95. The van der Waals surface area contributed by atoms with Crippen LogP contribution >= 0.6 is 0 Å². The monoisotopic (exact) mass is 575 g/mol. The molecule has 4 rings (SSSR count). The Morgan fingerprint density at radius 3 is 2.27 bits per heavy atom. The van der Waals surface area contributed by atoms with Gasteiger partial charge in [-0.1, -0.05) is 57.0 Å². The van der Waals surface area contributed by atoms with E-state index in [4.69, 9.17) is 0 Å². The number of rotatable bonds is 7. The Hall–Kier alpha value is -3.43. The maximum atomic E-state index is 14.5. The third-order valence-corrected chi connectivity index (χ3v) is 9.01. The molecule has 1 unspecified atom stereocenters. The molecule has 2 aliphatic rings. The Labute approximate surface area is 238 Å². The van der Waals surface area contributed by atoms with Gasteiger partial charge >= 0.3 is 6.18 Å². The molecule has 2 aromatic rings. The number of likely N-dealkylation sites (tertiary alicyclic amines) is 2. The van der Waals surface area contributed by atoms with Crippen LogP contribution in [0.2, 0.25) is 0 Å². The second kappa shape index (κ2) is 12.2. The summed E-state index contributed by atoms with van der Waals surface area (Å²) < 4.78 is 54.1. The highest BCUT2D eigenvalue weighted by molar-refractivity contribution is 5.98. The molecule has 0 radical (unpaired) electrons. The van der Waals surface area contributed by atoms with Crippen molar-refractivity contribution in [2.45, 2.75) is 64.1 Å². The van der Waals surface area contributed by atoms with E-state index in [1.807, 2.05) is 32.0 Å². The van der Waals surface area contributed by atoms with Crippen molar-refractivity contribution in [1.82, 2.24) is 15.1 Å². The third-order valence-electron chi connectivity index (χ3n) is 9.01. The largest absolute Gasteiger partial charge is 0.416 e. The Bertz CT molecular complexity index is 1250. The van der Waals surface area contributed by atoms with E-state index < -0.39 is 35.1 Å². The maximum absolute atomic E-state index is 14.5. The van der Waals surface area contributed by atoms with Crippen molar-refractivity contribution in [2.75, 3.05) is 26.7 Å². The van der Waals surface area contributed by atoms with E-state index >= 15 is 0 Å². The van der Waals surface area contributed by atoms with Crippen molar-refractivity contribution in [3.8, 4) is 0 Å². The van der Waals surface area contributed by atoms with Crippen molar-refractivity contribution in [1.29, 1.82) is 0 Å². The quantitative estimate of drug-likeness (QED) is 0.435. The molecule has 1 N–H and O–H groups in total. The number of piperidine rings is 2. The van der Waals surface area contributed by atoms with Crippen LogP contribution in [0.15, 0.2) is 48.5 Å². The number of benzene rings is 2. The van der Waals surface area contributed by atoms with Crippen molar-refractivity contribution >= 4 is 17.7 Å². The number of carbonyl (C=O) groups is 3. The highest BCUT2D eigenvalue weighted by Crippen LogP contribution is 2.50. The molecule has 2 aromatic carbocycles. The molecule has 0 aromatic heterocycles. The fourth-order valence-corrected chi connectivity index (χ4v) is 6.40. The Kier molecular flexibility index (Phi) is 9.09. The normalized spacial score (nSPS) is 19.9. The summed E-state index contributed by atoms with van der Waals surface area (Å²) in [4.78, 5) is 43.1. The molecule has 0 aliphatic carbocycles. The summed E-state index contributed by atoms with van der Waals surface area (Å²) in [5.74, 6) is -2.60. The summed E-state index contributed by atoms with van der Waals surface area (Å²) in [6.45, 7) is 5.08. The van der Waals surface area contributed by atoms with E-state index in [1.165, 1.54) is 0 Å². The number of nitrogens with zero attached hydrogens (tertiary/aromatic N) is 2. The smallest absolute Gasteiger partial charge is 0.345 e. The SMILES string of the molecule is CCC(CC)[C@@H](NC(=O)c1cc(C(F)(F)F)ccc1F)C(=O)N1CCC2(CC1)CC(=O)N(C)CC2c1ccccc1. The molecule has 10 heteroatoms. The third kappa shape index (κ3) is 6.41. The first-order valence-electron chi connectivity index (χ1n) is 14.2. The lowest BCUT2D eigenvalue weighted by Gasteiger charge is -2.51. The topological polar surface area (TPSA) is 69.7 Å². The minimum Gasteiger partial charge on any atom is -0.345 e. The van der Waals surface area contributed by atoms with Crippen LogP contribution in [0.25, 0.3) is 0 Å². The zero-order valence-electron chi connectivity index (χ0n) is 23.6. The van der Waals surface area contributed by atoms with E-state index in [2.05, 4.69) is 17.4 Å². The van der Waals surface area contributed by atoms with Crippen LogP contribution < -0.4 is 5.32 Å². The van der Waals surface area contributed by atoms with Crippen LogP contribution in [0.3, 0.4) is 0 Å². The molecule has 3 amide bonds. The lowest BCUT2D eigenvalue weighted by Crippen LogP contribution is -2.57. The number of alkyl halides is 3. The van der Waals surface area contributed by atoms with Gasteiger partial charge < -0.3 is 15.1 Å². The number of likely N-dealkylation sites (N-methyl/N-ethyl adjacent to an activating group) is 1. The Morgan fingerprint density at radius 2 is 1.68 bits per heavy atom. The zero-order chi connectivity index (χ0) is 29.9. The number of nitrogens with one attached hydrogen (secondary N) is 1. The summed E-state index contributed by atoms with van der Waals surface area (Å²) in [5, 5.41) is 2.57. The molecule has 0 bridgehead atoms. The molecule has 2 atom stereocenters. The summed E-state index contributed by atoms with van der Waals surface area (Å²) in [6, 6.07) is 10.7. The highest BCUT2D eigenvalue weighted by Gasteiger charge is 2.49. The fourth-order valence-electron chi connectivity index (χ4n) is 6.40. The van der Waals surface area contributed by atoms with Crippen molar-refractivity contribution in [2.24, 2.45) is 11.3 Å². The molecule has 6 nitrogen and oxygen atoms in total. The van der Waals surface area contributed by atoms with Crippen molar-refractivity contribution in [3.63, 3.8) is 0 Å². The van der Waals surface area contributed by atoms with Gasteiger partial charge in [0.15, 0.2) is 0 Å². The molecular formula is C31H37F4N3O3. The van der Waals surface area contributed by atoms with Gasteiger partial charge in [0, 0.05) is 39.0 Å². The molecule has 41 heavy (non-hydrogen) atoms. The molecule has 1 spiro atoms. The summed E-state index contributed by atoms with van der Waals surface area (Å²) >= 11 is 0. The first-order valence-corrected chi connectivity index (χ1v) is 14.2. The molecule has 2 fully saturated rings. The maximum Gasteiger partial charge on any atom is 0.416 e. The zero-order valence-corrected chi connectivity index (χ0v) is 23.6. The van der Waals surface area contributed by atoms with Crippen LogP contribution in [0.1, 0.15) is 73.4 Å². The summed E-state index contributed by atoms with van der Waals surface area (Å²) in [6.07, 6.45) is -2.09. The average molecular weight is 576 g/mol. The van der Waals surface area contributed by atoms with Crippen LogP contribution in [-0.4, -0.2) is 60.2 Å². The van der Waals surface area contributed by atoms with Gasteiger partial charge in [0.05, 0.1) is 11.1 Å². The predicted molar refractivity (Wildman–Crippen MR) is 146 cm³/mol. The summed E-state index contributed by atoms with van der Waals surface area (Å²) in [5.41, 5.74) is -1.05. The molecule has 222 valence electrons. The van der Waals surface area contributed by atoms with E-state index in [9.17, 15) is 31.9 Å². The van der Waals surface area contributed by atoms with E-state index in [-0.39, 0.29) is 29.1 Å². The van der Waals surface area contributed by atoms with Crippen LogP contribution in [-0.2, 0) is 15.8 Å². The highest BCUT2D eigenvalue weighted by atomic mass is 19.4. The first kappa shape index (κ1) is 30.5. The molecule has 2 saturated heterocycles. The first-order chi connectivity index (χ1) is 19.4. The lowest BCUT2D eigenvalue weighted by molar-refractivity contribution is -0.143. The molecular weight excluding hydrogens is 538 g/mol. The Balaban J connectivity index is 1.54. The predicted octanol–water partition coefficient (Wildman–Crippen LogP) is 5.63. The minimum absolute atomic E-state index is 0.0715. The minimum atomic E-state index is -4.75.